The molecule has 1 spiro atoms. The first-order valence-corrected chi connectivity index (χ1v) is 11.3. The smallest absolute Gasteiger partial charge is 0.323 e. The molecule has 0 atom stereocenters. The van der Waals surface area contributed by atoms with Gasteiger partial charge in [-0.1, -0.05) is 31.0 Å². The number of carbonyl (C=O) groups is 3. The van der Waals surface area contributed by atoms with Crippen LogP contribution in [0.15, 0.2) is 24.3 Å². The van der Waals surface area contributed by atoms with Crippen molar-refractivity contribution in [2.75, 3.05) is 11.9 Å². The van der Waals surface area contributed by atoms with Crippen molar-refractivity contribution in [3.05, 3.63) is 41.2 Å². The van der Waals surface area contributed by atoms with Gasteiger partial charge in [-0.15, -0.1) is 0 Å². The third kappa shape index (κ3) is 3.89. The minimum atomic E-state index is -0.842. The molecule has 8 heteroatoms. The Morgan fingerprint density at radius 2 is 1.81 bits per heavy atom. The third-order valence-corrected chi connectivity index (χ3v) is 6.92. The molecule has 2 N–H and O–H groups in total. The molecule has 1 saturated carbocycles. The number of nitrogens with one attached hydrogen (secondary N) is 2. The zero-order valence-corrected chi connectivity index (χ0v) is 19.2. The van der Waals surface area contributed by atoms with Crippen molar-refractivity contribution in [2.45, 2.75) is 65.3 Å². The molecule has 4 rings (SSSR count). The van der Waals surface area contributed by atoms with Gasteiger partial charge in [0.25, 0.3) is 5.91 Å². The average molecular weight is 438 g/mol. The van der Waals surface area contributed by atoms with Crippen LogP contribution in [0.25, 0.3) is 5.69 Å². The molecule has 2 fully saturated rings. The molecule has 170 valence electrons. The minimum Gasteiger partial charge on any atom is -0.323 e. The van der Waals surface area contributed by atoms with E-state index in [1.54, 1.807) is 4.68 Å². The van der Waals surface area contributed by atoms with Gasteiger partial charge < -0.3 is 10.6 Å². The van der Waals surface area contributed by atoms with Gasteiger partial charge in [0.2, 0.25) is 5.91 Å². The van der Waals surface area contributed by atoms with Crippen molar-refractivity contribution in [3.8, 4) is 5.69 Å². The Bertz CT molecular complexity index is 1050. The van der Waals surface area contributed by atoms with Crippen molar-refractivity contribution in [3.63, 3.8) is 0 Å². The number of anilines is 1. The molecule has 1 aromatic heterocycles. The Kier molecular flexibility index (Phi) is 5.79. The molecule has 2 heterocycles. The fourth-order valence-corrected chi connectivity index (χ4v) is 4.82. The van der Waals surface area contributed by atoms with Crippen molar-refractivity contribution < 1.29 is 14.4 Å². The minimum absolute atomic E-state index is 0.281. The molecule has 1 aromatic carbocycles. The van der Waals surface area contributed by atoms with Gasteiger partial charge in [0.15, 0.2) is 0 Å². The summed E-state index contributed by atoms with van der Waals surface area (Å²) in [5.41, 5.74) is 3.26. The molecule has 2 aliphatic rings. The van der Waals surface area contributed by atoms with Gasteiger partial charge in [0, 0.05) is 0 Å². The van der Waals surface area contributed by atoms with Crippen LogP contribution >= 0.6 is 0 Å². The first kappa shape index (κ1) is 22.0. The van der Waals surface area contributed by atoms with Crippen LogP contribution in [0.1, 0.15) is 56.0 Å². The number of hydrogen-bond acceptors (Lipinski definition) is 4. The molecule has 32 heavy (non-hydrogen) atoms. The van der Waals surface area contributed by atoms with E-state index in [1.807, 2.05) is 45.0 Å². The summed E-state index contributed by atoms with van der Waals surface area (Å²) >= 11 is 0. The van der Waals surface area contributed by atoms with E-state index in [-0.39, 0.29) is 12.5 Å². The Balaban J connectivity index is 1.46. The maximum atomic E-state index is 13.1. The first-order chi connectivity index (χ1) is 15.2. The van der Waals surface area contributed by atoms with Gasteiger partial charge in [-0.05, 0) is 64.5 Å². The molecule has 2 aromatic rings. The number of carbonyl (C=O) groups excluding carboxylic acids is 3. The van der Waals surface area contributed by atoms with E-state index in [4.69, 9.17) is 0 Å². The van der Waals surface area contributed by atoms with Crippen molar-refractivity contribution in [2.24, 2.45) is 5.92 Å². The van der Waals surface area contributed by atoms with Gasteiger partial charge in [-0.3, -0.25) is 14.5 Å². The van der Waals surface area contributed by atoms with Crippen LogP contribution in [0, 0.1) is 26.7 Å². The van der Waals surface area contributed by atoms with Crippen LogP contribution in [0.3, 0.4) is 0 Å². The van der Waals surface area contributed by atoms with Crippen LogP contribution in [0.4, 0.5) is 10.5 Å². The lowest BCUT2D eigenvalue weighted by Crippen LogP contribution is -2.49. The van der Waals surface area contributed by atoms with Crippen molar-refractivity contribution >= 4 is 23.5 Å². The second kappa shape index (κ2) is 8.41. The number of rotatable bonds is 5. The molecule has 1 aliphatic carbocycles. The number of urea groups is 1. The largest absolute Gasteiger partial charge is 0.325 e. The first-order valence-electron chi connectivity index (χ1n) is 11.3. The van der Waals surface area contributed by atoms with Crippen LogP contribution in [-0.4, -0.2) is 44.6 Å². The van der Waals surface area contributed by atoms with Crippen LogP contribution in [-0.2, 0) is 9.59 Å². The second-order valence-corrected chi connectivity index (χ2v) is 9.10. The Hall–Kier alpha value is -3.16. The predicted molar refractivity (Wildman–Crippen MR) is 122 cm³/mol. The van der Waals surface area contributed by atoms with E-state index in [1.165, 1.54) is 0 Å². The molecule has 8 nitrogen and oxygen atoms in total. The van der Waals surface area contributed by atoms with Gasteiger partial charge in [-0.25, -0.2) is 9.48 Å². The number of hydrogen-bond donors (Lipinski definition) is 2. The Morgan fingerprint density at radius 1 is 1.16 bits per heavy atom. The SMILES string of the molecule is CCC1CCC2(CC1)NC(=O)N(CC(=O)Nc1c(C)nn(-c3ccc(C)cc3)c1C)C2=O. The molecule has 1 saturated heterocycles. The van der Waals surface area contributed by atoms with E-state index in [9.17, 15) is 14.4 Å². The summed E-state index contributed by atoms with van der Waals surface area (Å²) in [6.45, 7) is 7.57. The van der Waals surface area contributed by atoms with E-state index < -0.39 is 17.5 Å². The number of aryl methyl sites for hydroxylation is 2. The lowest BCUT2D eigenvalue weighted by Gasteiger charge is -2.34. The topological polar surface area (TPSA) is 96.3 Å². The highest BCUT2D eigenvalue weighted by Crippen LogP contribution is 2.37. The molecular formula is C24H31N5O3. The second-order valence-electron chi connectivity index (χ2n) is 9.10. The molecule has 1 aliphatic heterocycles. The Morgan fingerprint density at radius 3 is 2.44 bits per heavy atom. The van der Waals surface area contributed by atoms with E-state index in [0.717, 1.165) is 41.1 Å². The number of benzene rings is 1. The zero-order chi connectivity index (χ0) is 23.0. The predicted octanol–water partition coefficient (Wildman–Crippen LogP) is 3.63. The number of amides is 4. The summed E-state index contributed by atoms with van der Waals surface area (Å²) in [5.74, 6) is -0.0999. The van der Waals surface area contributed by atoms with Crippen LogP contribution in [0.5, 0.6) is 0 Å². The molecule has 0 radical (unpaired) electrons. The van der Waals surface area contributed by atoms with E-state index >= 15 is 0 Å². The number of imide groups is 1. The standard InChI is InChI=1S/C24H31N5O3/c1-5-18-10-12-24(13-11-18)22(31)28(23(32)26-24)14-20(30)25-21-16(3)27-29(17(21)4)19-8-6-15(2)7-9-19/h6-9,18H,5,10-14H2,1-4H3,(H,25,30)(H,26,32). The van der Waals surface area contributed by atoms with Crippen LogP contribution < -0.4 is 10.6 Å². The monoisotopic (exact) mass is 437 g/mol. The van der Waals surface area contributed by atoms with Gasteiger partial charge >= 0.3 is 6.03 Å². The van der Waals surface area contributed by atoms with Crippen LogP contribution in [0.2, 0.25) is 0 Å². The van der Waals surface area contributed by atoms with Crippen molar-refractivity contribution in [1.82, 2.24) is 20.0 Å². The van der Waals surface area contributed by atoms with E-state index in [2.05, 4.69) is 22.7 Å². The number of aromatic nitrogens is 2. The summed E-state index contributed by atoms with van der Waals surface area (Å²) in [7, 11) is 0. The molecule has 4 amide bonds. The van der Waals surface area contributed by atoms with Gasteiger partial charge in [0.05, 0.1) is 22.8 Å². The summed E-state index contributed by atoms with van der Waals surface area (Å²) < 4.78 is 1.78. The highest BCUT2D eigenvalue weighted by Gasteiger charge is 2.52. The molecule has 0 unspecified atom stereocenters. The molecule has 0 bridgehead atoms. The average Bonchev–Trinajstić information content (AvgIpc) is 3.17. The summed E-state index contributed by atoms with van der Waals surface area (Å²) in [5, 5.41) is 10.3. The normalized spacial score (nSPS) is 23.0. The highest BCUT2D eigenvalue weighted by molar-refractivity contribution is 6.10. The quantitative estimate of drug-likeness (QED) is 0.698. The fraction of sp³-hybridized carbons (Fsp3) is 0.500. The maximum absolute atomic E-state index is 13.1. The van der Waals surface area contributed by atoms with E-state index in [0.29, 0.717) is 30.1 Å². The van der Waals surface area contributed by atoms with Crippen molar-refractivity contribution in [1.29, 1.82) is 0 Å². The fourth-order valence-electron chi connectivity index (χ4n) is 4.82. The Labute approximate surface area is 188 Å². The zero-order valence-electron chi connectivity index (χ0n) is 19.2. The summed E-state index contributed by atoms with van der Waals surface area (Å²) in [6, 6.07) is 7.47. The van der Waals surface area contributed by atoms with Gasteiger partial charge in [0.1, 0.15) is 12.1 Å². The molecular weight excluding hydrogens is 406 g/mol. The summed E-state index contributed by atoms with van der Waals surface area (Å²) in [4.78, 5) is 39.5. The number of nitrogens with zero attached hydrogens (tertiary/aromatic N) is 3. The van der Waals surface area contributed by atoms with Gasteiger partial charge in [-0.2, -0.15) is 5.10 Å². The summed E-state index contributed by atoms with van der Waals surface area (Å²) in [6.07, 6.45) is 4.18. The lowest BCUT2D eigenvalue weighted by molar-refractivity contribution is -0.135. The lowest BCUT2D eigenvalue weighted by atomic mass is 9.75. The third-order valence-electron chi connectivity index (χ3n) is 6.92. The maximum Gasteiger partial charge on any atom is 0.325 e. The highest BCUT2D eigenvalue weighted by atomic mass is 16.2.